The third-order valence-corrected chi connectivity index (χ3v) is 1.45. The van der Waals surface area contributed by atoms with Gasteiger partial charge < -0.3 is 20.5 Å². The molecule has 6 nitrogen and oxygen atoms in total. The van der Waals surface area contributed by atoms with E-state index in [1.807, 2.05) is 0 Å². The molecule has 0 bridgehead atoms. The largest absolute Gasteiger partial charge is 0.466 e. The minimum atomic E-state index is -0.319. The van der Waals surface area contributed by atoms with Crippen molar-refractivity contribution in [1.82, 2.24) is 5.32 Å². The zero-order chi connectivity index (χ0) is 11.5. The summed E-state index contributed by atoms with van der Waals surface area (Å²) in [5, 5.41) is 2.53. The molecule has 0 atom stereocenters. The summed E-state index contributed by atoms with van der Waals surface area (Å²) in [4.78, 5) is 21.9. The zero-order valence-corrected chi connectivity index (χ0v) is 8.95. The summed E-state index contributed by atoms with van der Waals surface area (Å²) in [7, 11) is 0. The van der Waals surface area contributed by atoms with Gasteiger partial charge in [-0.2, -0.15) is 0 Å². The smallest absolute Gasteiger partial charge is 0.307 e. The molecule has 0 heterocycles. The van der Waals surface area contributed by atoms with Crippen molar-refractivity contribution in [3.05, 3.63) is 0 Å². The van der Waals surface area contributed by atoms with Gasteiger partial charge >= 0.3 is 5.97 Å². The molecule has 0 saturated heterocycles. The van der Waals surface area contributed by atoms with Crippen LogP contribution >= 0.6 is 0 Å². The van der Waals surface area contributed by atoms with Crippen molar-refractivity contribution in [2.24, 2.45) is 5.73 Å². The topological polar surface area (TPSA) is 90.6 Å². The number of carbonyl (C=O) groups excluding carboxylic acids is 2. The zero-order valence-electron chi connectivity index (χ0n) is 8.95. The Balaban J connectivity index is 3.34. The predicted octanol–water partition coefficient (Wildman–Crippen LogP) is -0.969. The first-order valence-corrected chi connectivity index (χ1v) is 4.90. The summed E-state index contributed by atoms with van der Waals surface area (Å²) in [6.45, 7) is 3.06. The van der Waals surface area contributed by atoms with Crippen LogP contribution in [0.4, 0.5) is 0 Å². The summed E-state index contributed by atoms with van der Waals surface area (Å²) in [5.74, 6) is -0.576. The Bertz CT molecular complexity index is 197. The number of carbonyl (C=O) groups is 2. The van der Waals surface area contributed by atoms with E-state index < -0.39 is 0 Å². The molecule has 0 aromatic carbocycles. The molecule has 0 saturated carbocycles. The van der Waals surface area contributed by atoms with Crippen LogP contribution in [0.3, 0.4) is 0 Å². The van der Waals surface area contributed by atoms with Gasteiger partial charge in [-0.3, -0.25) is 9.59 Å². The summed E-state index contributed by atoms with van der Waals surface area (Å²) in [6, 6.07) is 0. The van der Waals surface area contributed by atoms with Gasteiger partial charge in [0.15, 0.2) is 0 Å². The molecule has 0 aliphatic carbocycles. The molecule has 0 rings (SSSR count). The highest BCUT2D eigenvalue weighted by atomic mass is 16.5. The average Bonchev–Trinajstić information content (AvgIpc) is 2.18. The van der Waals surface area contributed by atoms with Crippen LogP contribution < -0.4 is 11.1 Å². The second kappa shape index (κ2) is 9.42. The maximum absolute atomic E-state index is 11.0. The first-order chi connectivity index (χ1) is 7.20. The molecule has 6 heteroatoms. The van der Waals surface area contributed by atoms with Gasteiger partial charge in [0, 0.05) is 13.1 Å². The highest BCUT2D eigenvalue weighted by Crippen LogP contribution is 1.84. The molecule has 0 aromatic rings. The van der Waals surface area contributed by atoms with Gasteiger partial charge in [-0.25, -0.2) is 0 Å². The number of hydrogen-bond acceptors (Lipinski definition) is 5. The monoisotopic (exact) mass is 218 g/mol. The molecular weight excluding hydrogens is 200 g/mol. The van der Waals surface area contributed by atoms with Crippen LogP contribution in [0.25, 0.3) is 0 Å². The van der Waals surface area contributed by atoms with Crippen molar-refractivity contribution < 1.29 is 19.1 Å². The lowest BCUT2D eigenvalue weighted by Gasteiger charge is -2.05. The lowest BCUT2D eigenvalue weighted by Crippen LogP contribution is -2.30. The highest BCUT2D eigenvalue weighted by Gasteiger charge is 2.04. The molecule has 0 fully saturated rings. The van der Waals surface area contributed by atoms with Gasteiger partial charge in [-0.15, -0.1) is 0 Å². The quantitative estimate of drug-likeness (QED) is 0.404. The molecule has 15 heavy (non-hydrogen) atoms. The molecule has 3 N–H and O–H groups in total. The first kappa shape index (κ1) is 13.9. The molecule has 88 valence electrons. The third-order valence-electron chi connectivity index (χ3n) is 1.45. The van der Waals surface area contributed by atoms with Gasteiger partial charge in [0.2, 0.25) is 5.91 Å². The number of hydrogen-bond donors (Lipinski definition) is 2. The second-order valence-electron chi connectivity index (χ2n) is 2.75. The maximum atomic E-state index is 11.0. The highest BCUT2D eigenvalue weighted by molar-refractivity contribution is 5.78. The van der Waals surface area contributed by atoms with Crippen LogP contribution in [0.15, 0.2) is 0 Å². The van der Waals surface area contributed by atoms with E-state index in [2.05, 4.69) is 10.1 Å². The van der Waals surface area contributed by atoms with Crippen molar-refractivity contribution >= 4 is 11.9 Å². The van der Waals surface area contributed by atoms with E-state index in [9.17, 15) is 9.59 Å². The van der Waals surface area contributed by atoms with Crippen LogP contribution in [-0.2, 0) is 19.1 Å². The Morgan fingerprint density at radius 3 is 2.73 bits per heavy atom. The SMILES string of the molecule is CCOC(=O)CCNC(=O)COCCN. The van der Waals surface area contributed by atoms with E-state index in [0.29, 0.717) is 19.8 Å². The molecule has 1 amide bonds. The van der Waals surface area contributed by atoms with E-state index >= 15 is 0 Å². The van der Waals surface area contributed by atoms with Gasteiger partial charge in [-0.05, 0) is 6.92 Å². The Labute approximate surface area is 89.1 Å². The Morgan fingerprint density at radius 2 is 2.13 bits per heavy atom. The van der Waals surface area contributed by atoms with E-state index in [-0.39, 0.29) is 31.4 Å². The second-order valence-corrected chi connectivity index (χ2v) is 2.75. The average molecular weight is 218 g/mol. The van der Waals surface area contributed by atoms with Crippen molar-refractivity contribution in [2.75, 3.05) is 32.9 Å². The van der Waals surface area contributed by atoms with Crippen molar-refractivity contribution in [3.8, 4) is 0 Å². The number of rotatable bonds is 8. The maximum Gasteiger partial charge on any atom is 0.307 e. The fourth-order valence-electron chi connectivity index (χ4n) is 0.836. The number of esters is 1. The summed E-state index contributed by atoms with van der Waals surface area (Å²) in [5.41, 5.74) is 5.17. The lowest BCUT2D eigenvalue weighted by atomic mass is 10.4. The van der Waals surface area contributed by atoms with E-state index in [1.54, 1.807) is 6.92 Å². The molecule has 0 radical (unpaired) electrons. The van der Waals surface area contributed by atoms with Gasteiger partial charge in [0.1, 0.15) is 6.61 Å². The van der Waals surface area contributed by atoms with Crippen LogP contribution in [0, 0.1) is 0 Å². The Hall–Kier alpha value is -1.14. The van der Waals surface area contributed by atoms with Gasteiger partial charge in [0.05, 0.1) is 19.6 Å². The van der Waals surface area contributed by atoms with Crippen LogP contribution in [-0.4, -0.2) is 44.8 Å². The van der Waals surface area contributed by atoms with Crippen LogP contribution in [0.2, 0.25) is 0 Å². The number of amides is 1. The van der Waals surface area contributed by atoms with E-state index in [4.69, 9.17) is 10.5 Å². The molecule has 0 aliphatic heterocycles. The predicted molar refractivity (Wildman–Crippen MR) is 54.1 cm³/mol. The summed E-state index contributed by atoms with van der Waals surface area (Å²) >= 11 is 0. The minimum Gasteiger partial charge on any atom is -0.466 e. The Kier molecular flexibility index (Phi) is 8.70. The van der Waals surface area contributed by atoms with E-state index in [0.717, 1.165) is 0 Å². The third kappa shape index (κ3) is 9.17. The molecule has 0 spiro atoms. The van der Waals surface area contributed by atoms with E-state index in [1.165, 1.54) is 0 Å². The minimum absolute atomic E-state index is 0.0278. The molecule has 0 aromatic heterocycles. The molecule has 0 unspecified atom stereocenters. The fraction of sp³-hybridized carbons (Fsp3) is 0.778. The van der Waals surface area contributed by atoms with Crippen LogP contribution in [0.1, 0.15) is 13.3 Å². The molecule has 0 aliphatic rings. The normalized spacial score (nSPS) is 9.73. The standard InChI is InChI=1S/C9H18N2O4/c1-2-15-9(13)3-5-11-8(12)7-14-6-4-10/h2-7,10H2,1H3,(H,11,12). The Morgan fingerprint density at radius 1 is 1.40 bits per heavy atom. The van der Waals surface area contributed by atoms with Gasteiger partial charge in [0.25, 0.3) is 0 Å². The van der Waals surface area contributed by atoms with Gasteiger partial charge in [-0.1, -0.05) is 0 Å². The summed E-state index contributed by atoms with van der Waals surface area (Å²) < 4.78 is 9.58. The number of nitrogens with one attached hydrogen (secondary N) is 1. The number of ether oxygens (including phenoxy) is 2. The van der Waals surface area contributed by atoms with Crippen molar-refractivity contribution in [1.29, 1.82) is 0 Å². The first-order valence-electron chi connectivity index (χ1n) is 4.90. The van der Waals surface area contributed by atoms with Crippen LogP contribution in [0.5, 0.6) is 0 Å². The van der Waals surface area contributed by atoms with Crippen molar-refractivity contribution in [3.63, 3.8) is 0 Å². The number of nitrogens with two attached hydrogens (primary N) is 1. The lowest BCUT2D eigenvalue weighted by molar-refractivity contribution is -0.143. The fourth-order valence-corrected chi connectivity index (χ4v) is 0.836. The molecular formula is C9H18N2O4. The summed E-state index contributed by atoms with van der Waals surface area (Å²) in [6.07, 6.45) is 0.177. The van der Waals surface area contributed by atoms with Crippen molar-refractivity contribution in [2.45, 2.75) is 13.3 Å².